The molecule has 0 saturated carbocycles. The molecule has 0 aliphatic carbocycles. The fourth-order valence-corrected chi connectivity index (χ4v) is 5.08. The molecule has 1 aliphatic heterocycles. The molecular formula is C13H21N3OS2. The second-order valence-corrected chi connectivity index (χ2v) is 7.70. The van der Waals surface area contributed by atoms with Crippen LogP contribution in [0.15, 0.2) is 6.07 Å². The van der Waals surface area contributed by atoms with Gasteiger partial charge in [0, 0.05) is 36.2 Å². The topological polar surface area (TPSA) is 46.9 Å². The smallest absolute Gasteiger partial charge is 0.225 e. The van der Waals surface area contributed by atoms with E-state index in [0.29, 0.717) is 12.2 Å². The summed E-state index contributed by atoms with van der Waals surface area (Å²) in [6.45, 7) is 1.97. The predicted molar refractivity (Wildman–Crippen MR) is 83.5 cm³/mol. The first kappa shape index (κ1) is 14.8. The first-order valence-corrected chi connectivity index (χ1v) is 9.12. The van der Waals surface area contributed by atoms with Crippen LogP contribution in [-0.2, 0) is 11.8 Å². The van der Waals surface area contributed by atoms with Gasteiger partial charge in [0.05, 0.1) is 0 Å². The van der Waals surface area contributed by atoms with Gasteiger partial charge in [0.2, 0.25) is 5.91 Å². The summed E-state index contributed by atoms with van der Waals surface area (Å²) in [4.78, 5) is 11.8. The van der Waals surface area contributed by atoms with Gasteiger partial charge in [-0.3, -0.25) is 9.48 Å². The lowest BCUT2D eigenvalue weighted by atomic mass is 10.1. The average molecular weight is 299 g/mol. The van der Waals surface area contributed by atoms with E-state index in [2.05, 4.69) is 10.4 Å². The molecule has 1 atom stereocenters. The van der Waals surface area contributed by atoms with Crippen molar-refractivity contribution >= 4 is 33.3 Å². The summed E-state index contributed by atoms with van der Waals surface area (Å²) in [6, 6.07) is 1.89. The van der Waals surface area contributed by atoms with Crippen molar-refractivity contribution in [2.45, 2.75) is 44.3 Å². The number of nitrogens with zero attached hydrogens (tertiary/aromatic N) is 2. The predicted octanol–water partition coefficient (Wildman–Crippen LogP) is 3.38. The summed E-state index contributed by atoms with van der Waals surface area (Å²) >= 11 is 0. The van der Waals surface area contributed by atoms with Crippen LogP contribution in [0.2, 0.25) is 0 Å². The minimum Gasteiger partial charge on any atom is -0.309 e. The SMILES string of the molecule is Cc1cc(NC(=O)CCCC[C@H]2CCSS2)nn1C. The van der Waals surface area contributed by atoms with E-state index in [0.717, 1.165) is 23.8 Å². The summed E-state index contributed by atoms with van der Waals surface area (Å²) in [5, 5.41) is 7.88. The highest BCUT2D eigenvalue weighted by molar-refractivity contribution is 8.77. The molecular weight excluding hydrogens is 278 g/mol. The van der Waals surface area contributed by atoms with E-state index in [9.17, 15) is 4.79 Å². The first-order valence-electron chi connectivity index (χ1n) is 6.74. The van der Waals surface area contributed by atoms with Crippen LogP contribution in [0.5, 0.6) is 0 Å². The van der Waals surface area contributed by atoms with E-state index >= 15 is 0 Å². The zero-order valence-corrected chi connectivity index (χ0v) is 13.1. The maximum Gasteiger partial charge on any atom is 0.225 e. The zero-order chi connectivity index (χ0) is 13.7. The summed E-state index contributed by atoms with van der Waals surface area (Å²) in [6.07, 6.45) is 5.29. The van der Waals surface area contributed by atoms with Crippen LogP contribution >= 0.6 is 21.6 Å². The largest absolute Gasteiger partial charge is 0.309 e. The van der Waals surface area contributed by atoms with E-state index in [1.807, 2.05) is 41.6 Å². The highest BCUT2D eigenvalue weighted by Crippen LogP contribution is 2.39. The molecule has 0 spiro atoms. The third-order valence-electron chi connectivity index (χ3n) is 3.29. The number of carbonyl (C=O) groups excluding carboxylic acids is 1. The van der Waals surface area contributed by atoms with E-state index in [1.54, 1.807) is 4.68 Å². The quantitative estimate of drug-likeness (QED) is 0.646. The van der Waals surface area contributed by atoms with Crippen molar-refractivity contribution in [2.24, 2.45) is 7.05 Å². The van der Waals surface area contributed by atoms with Crippen LogP contribution in [-0.4, -0.2) is 26.7 Å². The molecule has 0 unspecified atom stereocenters. The number of carbonyl (C=O) groups is 1. The van der Waals surface area contributed by atoms with Crippen molar-refractivity contribution in [3.63, 3.8) is 0 Å². The van der Waals surface area contributed by atoms with Crippen LogP contribution in [0.4, 0.5) is 5.82 Å². The van der Waals surface area contributed by atoms with Gasteiger partial charge in [-0.05, 0) is 26.2 Å². The number of hydrogen-bond acceptors (Lipinski definition) is 4. The van der Waals surface area contributed by atoms with Crippen molar-refractivity contribution in [1.29, 1.82) is 0 Å². The fraction of sp³-hybridized carbons (Fsp3) is 0.692. The van der Waals surface area contributed by atoms with E-state index in [-0.39, 0.29) is 5.91 Å². The molecule has 1 N–H and O–H groups in total. The van der Waals surface area contributed by atoms with Gasteiger partial charge < -0.3 is 5.32 Å². The monoisotopic (exact) mass is 299 g/mol. The molecule has 2 heterocycles. The Hall–Kier alpha value is -0.620. The molecule has 6 heteroatoms. The minimum absolute atomic E-state index is 0.0755. The molecule has 0 bridgehead atoms. The van der Waals surface area contributed by atoms with Crippen LogP contribution < -0.4 is 5.32 Å². The molecule has 1 aromatic heterocycles. The Morgan fingerprint density at radius 1 is 1.58 bits per heavy atom. The lowest BCUT2D eigenvalue weighted by Gasteiger charge is -2.06. The minimum atomic E-state index is 0.0755. The van der Waals surface area contributed by atoms with E-state index in [1.165, 1.54) is 18.6 Å². The van der Waals surface area contributed by atoms with Crippen molar-refractivity contribution in [2.75, 3.05) is 11.1 Å². The van der Waals surface area contributed by atoms with Gasteiger partial charge in [-0.2, -0.15) is 5.10 Å². The van der Waals surface area contributed by atoms with Crippen LogP contribution in [0.3, 0.4) is 0 Å². The number of unbranched alkanes of at least 4 members (excludes halogenated alkanes) is 1. The fourth-order valence-electron chi connectivity index (χ4n) is 2.05. The zero-order valence-electron chi connectivity index (χ0n) is 11.5. The number of aromatic nitrogens is 2. The molecule has 19 heavy (non-hydrogen) atoms. The Bertz CT molecular complexity index is 408. The lowest BCUT2D eigenvalue weighted by molar-refractivity contribution is -0.116. The highest BCUT2D eigenvalue weighted by atomic mass is 33.1. The van der Waals surface area contributed by atoms with Gasteiger partial charge in [0.25, 0.3) is 0 Å². The van der Waals surface area contributed by atoms with Gasteiger partial charge in [-0.25, -0.2) is 0 Å². The second kappa shape index (κ2) is 7.24. The number of rotatable bonds is 6. The number of hydrogen-bond donors (Lipinski definition) is 1. The van der Waals surface area contributed by atoms with Crippen molar-refractivity contribution in [3.05, 3.63) is 11.8 Å². The standard InChI is InChI=1S/C13H21N3OS2/c1-10-9-12(15-16(10)2)14-13(17)6-4-3-5-11-7-8-18-19-11/h9,11H,3-8H2,1-2H3,(H,14,15,17)/t11-/m0/s1. The Kier molecular flexibility index (Phi) is 5.63. The third kappa shape index (κ3) is 4.76. The van der Waals surface area contributed by atoms with Gasteiger partial charge in [0.1, 0.15) is 0 Å². The number of aryl methyl sites for hydroxylation is 2. The average Bonchev–Trinajstić information content (AvgIpc) is 2.96. The number of nitrogens with one attached hydrogen (secondary N) is 1. The Morgan fingerprint density at radius 3 is 3.05 bits per heavy atom. The Morgan fingerprint density at radius 2 is 2.42 bits per heavy atom. The second-order valence-electron chi connectivity index (χ2n) is 4.92. The molecule has 1 fully saturated rings. The number of anilines is 1. The third-order valence-corrected chi connectivity index (χ3v) is 6.30. The molecule has 0 aromatic carbocycles. The highest BCUT2D eigenvalue weighted by Gasteiger charge is 2.15. The van der Waals surface area contributed by atoms with Crippen LogP contribution in [0, 0.1) is 6.92 Å². The van der Waals surface area contributed by atoms with Crippen molar-refractivity contribution in [1.82, 2.24) is 9.78 Å². The molecule has 1 aliphatic rings. The van der Waals surface area contributed by atoms with Crippen LogP contribution in [0.25, 0.3) is 0 Å². The first-order chi connectivity index (χ1) is 9.15. The molecule has 1 amide bonds. The lowest BCUT2D eigenvalue weighted by Crippen LogP contribution is -2.12. The summed E-state index contributed by atoms with van der Waals surface area (Å²) in [7, 11) is 5.87. The molecule has 2 rings (SSSR count). The Labute approximate surface area is 122 Å². The summed E-state index contributed by atoms with van der Waals surface area (Å²) < 4.78 is 1.77. The van der Waals surface area contributed by atoms with Gasteiger partial charge in [0.15, 0.2) is 5.82 Å². The van der Waals surface area contributed by atoms with E-state index in [4.69, 9.17) is 0 Å². The Balaban J connectivity index is 1.61. The van der Waals surface area contributed by atoms with Crippen LogP contribution in [0.1, 0.15) is 37.8 Å². The summed E-state index contributed by atoms with van der Waals surface area (Å²) in [5.41, 5.74) is 1.05. The normalized spacial score (nSPS) is 18.7. The maximum atomic E-state index is 11.8. The maximum absolute atomic E-state index is 11.8. The molecule has 4 nitrogen and oxygen atoms in total. The number of amides is 1. The molecule has 106 valence electrons. The molecule has 1 aromatic rings. The van der Waals surface area contributed by atoms with Gasteiger partial charge >= 0.3 is 0 Å². The molecule has 1 saturated heterocycles. The summed E-state index contributed by atoms with van der Waals surface area (Å²) in [5.74, 6) is 2.02. The van der Waals surface area contributed by atoms with Gasteiger partial charge in [-0.15, -0.1) is 0 Å². The van der Waals surface area contributed by atoms with E-state index < -0.39 is 0 Å². The van der Waals surface area contributed by atoms with Gasteiger partial charge in [-0.1, -0.05) is 28.0 Å². The molecule has 0 radical (unpaired) electrons. The van der Waals surface area contributed by atoms with Crippen molar-refractivity contribution in [3.8, 4) is 0 Å². The van der Waals surface area contributed by atoms with Crippen molar-refractivity contribution < 1.29 is 4.79 Å².